The summed E-state index contributed by atoms with van der Waals surface area (Å²) in [6.45, 7) is 3.65. The van der Waals surface area contributed by atoms with Gasteiger partial charge < -0.3 is 20.7 Å². The molecular formula is C29H32FN7O2. The highest BCUT2D eigenvalue weighted by molar-refractivity contribution is 6.16. The molecule has 0 spiro atoms. The summed E-state index contributed by atoms with van der Waals surface area (Å²) in [4.78, 5) is 21.4. The van der Waals surface area contributed by atoms with Gasteiger partial charge in [0.25, 0.3) is 5.91 Å². The van der Waals surface area contributed by atoms with E-state index < -0.39 is 5.82 Å². The largest absolute Gasteiger partial charge is 0.457 e. The number of aromatic nitrogens is 2. The Hall–Kier alpha value is -4.78. The van der Waals surface area contributed by atoms with Gasteiger partial charge in [0.15, 0.2) is 0 Å². The van der Waals surface area contributed by atoms with Gasteiger partial charge in [-0.15, -0.1) is 0 Å². The number of nitrogens with zero attached hydrogens (tertiary/aromatic N) is 4. The first-order valence-corrected chi connectivity index (χ1v) is 12.7. The van der Waals surface area contributed by atoms with Crippen molar-refractivity contribution in [3.63, 3.8) is 0 Å². The monoisotopic (exact) mass is 529 g/mol. The van der Waals surface area contributed by atoms with E-state index in [0.717, 1.165) is 38.8 Å². The van der Waals surface area contributed by atoms with Crippen LogP contribution in [0.4, 0.5) is 16.0 Å². The molecule has 2 aromatic carbocycles. The van der Waals surface area contributed by atoms with Crippen LogP contribution < -0.4 is 15.8 Å². The summed E-state index contributed by atoms with van der Waals surface area (Å²) >= 11 is 0. The van der Waals surface area contributed by atoms with Crippen molar-refractivity contribution >= 4 is 23.3 Å². The second-order valence-electron chi connectivity index (χ2n) is 8.68. The Morgan fingerprint density at radius 2 is 1.92 bits per heavy atom. The van der Waals surface area contributed by atoms with Gasteiger partial charge in [0.05, 0.1) is 11.3 Å². The van der Waals surface area contributed by atoms with Crippen LogP contribution in [0, 0.1) is 22.6 Å². The van der Waals surface area contributed by atoms with E-state index in [1.165, 1.54) is 18.5 Å². The summed E-state index contributed by atoms with van der Waals surface area (Å²) < 4.78 is 20.1. The number of rotatable bonds is 8. The van der Waals surface area contributed by atoms with Gasteiger partial charge >= 0.3 is 0 Å². The Morgan fingerprint density at radius 1 is 1.21 bits per heavy atom. The van der Waals surface area contributed by atoms with Gasteiger partial charge in [-0.1, -0.05) is 37.6 Å². The van der Waals surface area contributed by atoms with Crippen LogP contribution in [0.25, 0.3) is 0 Å². The third-order valence-corrected chi connectivity index (χ3v) is 5.93. The number of hydrogen-bond donors (Lipinski definition) is 3. The van der Waals surface area contributed by atoms with Crippen LogP contribution in [0.1, 0.15) is 43.7 Å². The standard InChI is InChI=1S/C18H16FN5O.C11H16N2O/c1-22-18-15(17(21)23-10-24-18)16(20)13-8-7-12(9-14(13)19)25-11-5-3-2-4-6-11;1-2-3-6-10(9-12)11(14)13-7-4-5-8-13/h2-10,20H,1H3,(H3,21,22,23,24);6H,2-5,7-8H2,1H3/b;10-6+. The van der Waals surface area contributed by atoms with Gasteiger partial charge in [-0.05, 0) is 43.5 Å². The highest BCUT2D eigenvalue weighted by Gasteiger charge is 2.21. The number of nitriles is 1. The minimum atomic E-state index is -0.594. The summed E-state index contributed by atoms with van der Waals surface area (Å²) in [6.07, 6.45) is 6.95. The van der Waals surface area contributed by atoms with Crippen LogP contribution >= 0.6 is 0 Å². The molecule has 0 bridgehead atoms. The molecule has 1 saturated heterocycles. The molecule has 39 heavy (non-hydrogen) atoms. The quantitative estimate of drug-likeness (QED) is 0.204. The number of likely N-dealkylation sites (tertiary alicyclic amines) is 1. The number of allylic oxidation sites excluding steroid dienone is 1. The van der Waals surface area contributed by atoms with Crippen molar-refractivity contribution < 1.29 is 13.9 Å². The summed E-state index contributed by atoms with van der Waals surface area (Å²) in [5, 5.41) is 20.0. The van der Waals surface area contributed by atoms with Crippen LogP contribution in [0.5, 0.6) is 11.5 Å². The van der Waals surface area contributed by atoms with Crippen LogP contribution in [0.15, 0.2) is 66.5 Å². The number of amides is 1. The maximum Gasteiger partial charge on any atom is 0.264 e. The lowest BCUT2D eigenvalue weighted by Gasteiger charge is -2.13. The van der Waals surface area contributed by atoms with Crippen molar-refractivity contribution in [2.45, 2.75) is 32.6 Å². The minimum absolute atomic E-state index is 0.0819. The zero-order valence-corrected chi connectivity index (χ0v) is 22.1. The molecule has 10 heteroatoms. The van der Waals surface area contributed by atoms with E-state index in [2.05, 4.69) is 15.3 Å². The van der Waals surface area contributed by atoms with Gasteiger partial charge in [0.1, 0.15) is 46.9 Å². The smallest absolute Gasteiger partial charge is 0.264 e. The second-order valence-corrected chi connectivity index (χ2v) is 8.68. The van der Waals surface area contributed by atoms with Crippen LogP contribution in [-0.2, 0) is 4.79 Å². The molecule has 4 rings (SSSR count). The molecule has 3 aromatic rings. The Morgan fingerprint density at radius 3 is 2.54 bits per heavy atom. The number of halogens is 1. The molecule has 9 nitrogen and oxygen atoms in total. The number of ether oxygens (including phenoxy) is 1. The molecule has 0 radical (unpaired) electrons. The van der Waals surface area contributed by atoms with E-state index in [-0.39, 0.29) is 28.6 Å². The van der Waals surface area contributed by atoms with Crippen molar-refractivity contribution in [2.75, 3.05) is 31.2 Å². The second kappa shape index (κ2) is 14.2. The number of anilines is 2. The fourth-order valence-electron chi connectivity index (χ4n) is 3.92. The SMILES string of the molecule is CCC/C=C(\C#N)C(=O)N1CCCC1.CNc1ncnc(N)c1C(=N)c1ccc(Oc2ccccc2)cc1F. The van der Waals surface area contributed by atoms with Crippen molar-refractivity contribution in [1.29, 1.82) is 10.7 Å². The maximum atomic E-state index is 14.5. The van der Waals surface area contributed by atoms with E-state index in [4.69, 9.17) is 21.1 Å². The zero-order valence-electron chi connectivity index (χ0n) is 22.1. The molecule has 1 amide bonds. The van der Waals surface area contributed by atoms with Gasteiger partial charge in [0, 0.05) is 31.8 Å². The van der Waals surface area contributed by atoms with Crippen LogP contribution in [-0.4, -0.2) is 46.6 Å². The number of hydrogen-bond acceptors (Lipinski definition) is 8. The van der Waals surface area contributed by atoms with E-state index in [1.54, 1.807) is 36.2 Å². The van der Waals surface area contributed by atoms with Crippen molar-refractivity contribution in [3.8, 4) is 17.6 Å². The zero-order chi connectivity index (χ0) is 28.2. The number of benzene rings is 2. The first-order valence-electron chi connectivity index (χ1n) is 12.7. The molecule has 1 aliphatic rings. The molecule has 0 aliphatic carbocycles. The predicted molar refractivity (Wildman–Crippen MR) is 149 cm³/mol. The number of para-hydroxylation sites is 1. The molecule has 2 heterocycles. The van der Waals surface area contributed by atoms with Gasteiger partial charge in [0.2, 0.25) is 0 Å². The molecule has 1 aromatic heterocycles. The topological polar surface area (TPSA) is 141 Å². The first-order chi connectivity index (χ1) is 18.9. The normalized spacial score (nSPS) is 12.7. The number of nitrogen functional groups attached to an aromatic ring is 1. The van der Waals surface area contributed by atoms with Crippen molar-refractivity contribution in [3.05, 3.63) is 83.5 Å². The Bertz CT molecular complexity index is 1360. The highest BCUT2D eigenvalue weighted by Crippen LogP contribution is 2.27. The van der Waals surface area contributed by atoms with Gasteiger partial charge in [-0.2, -0.15) is 5.26 Å². The van der Waals surface area contributed by atoms with Gasteiger partial charge in [-0.25, -0.2) is 14.4 Å². The average Bonchev–Trinajstić information content (AvgIpc) is 3.49. The number of carbonyl (C=O) groups excluding carboxylic acids is 1. The van der Waals surface area contributed by atoms with Crippen LogP contribution in [0.3, 0.4) is 0 Å². The fourth-order valence-corrected chi connectivity index (χ4v) is 3.92. The van der Waals surface area contributed by atoms with E-state index in [1.807, 2.05) is 31.2 Å². The van der Waals surface area contributed by atoms with E-state index in [9.17, 15) is 9.18 Å². The number of carbonyl (C=O) groups is 1. The lowest BCUT2D eigenvalue weighted by molar-refractivity contribution is -0.125. The van der Waals surface area contributed by atoms with Crippen molar-refractivity contribution in [2.24, 2.45) is 0 Å². The van der Waals surface area contributed by atoms with Crippen molar-refractivity contribution in [1.82, 2.24) is 14.9 Å². The third kappa shape index (κ3) is 7.61. The molecule has 1 fully saturated rings. The lowest BCUT2D eigenvalue weighted by Crippen LogP contribution is -2.28. The molecule has 4 N–H and O–H groups in total. The number of unbranched alkanes of at least 4 members (excludes halogenated alkanes) is 1. The highest BCUT2D eigenvalue weighted by atomic mass is 19.1. The Balaban J connectivity index is 0.000000255. The summed E-state index contributed by atoms with van der Waals surface area (Å²) in [5.41, 5.74) is 6.38. The summed E-state index contributed by atoms with van der Waals surface area (Å²) in [6, 6.07) is 15.3. The average molecular weight is 530 g/mol. The summed E-state index contributed by atoms with van der Waals surface area (Å²) in [7, 11) is 1.64. The fraction of sp³-hybridized carbons (Fsp3) is 0.276. The molecule has 0 atom stereocenters. The third-order valence-electron chi connectivity index (χ3n) is 5.93. The molecule has 0 saturated carbocycles. The van der Waals surface area contributed by atoms with Crippen LogP contribution in [0.2, 0.25) is 0 Å². The Labute approximate surface area is 227 Å². The first kappa shape index (κ1) is 28.8. The molecule has 0 unspecified atom stereocenters. The molecule has 1 aliphatic heterocycles. The van der Waals surface area contributed by atoms with E-state index >= 15 is 0 Å². The summed E-state index contributed by atoms with van der Waals surface area (Å²) in [5.74, 6) is 0.728. The number of nitrogens with two attached hydrogens (primary N) is 1. The maximum absolute atomic E-state index is 14.5. The predicted octanol–water partition coefficient (Wildman–Crippen LogP) is 5.31. The lowest BCUT2D eigenvalue weighted by atomic mass is 10.0. The number of nitrogens with one attached hydrogen (secondary N) is 2. The molecular weight excluding hydrogens is 497 g/mol. The van der Waals surface area contributed by atoms with Gasteiger partial charge in [-0.3, -0.25) is 10.2 Å². The Kier molecular flexibility index (Phi) is 10.5. The van der Waals surface area contributed by atoms with E-state index in [0.29, 0.717) is 22.9 Å². The minimum Gasteiger partial charge on any atom is -0.457 e. The molecule has 202 valence electrons.